The number of carboxylic acids is 1. The van der Waals surface area contributed by atoms with Crippen molar-refractivity contribution >= 4 is 23.6 Å². The van der Waals surface area contributed by atoms with E-state index in [-0.39, 0.29) is 22.2 Å². The maximum Gasteiger partial charge on any atom is 0.446 e. The van der Waals surface area contributed by atoms with Crippen LogP contribution in [0.15, 0.2) is 29.2 Å². The summed E-state index contributed by atoms with van der Waals surface area (Å²) < 4.78 is 36.3. The van der Waals surface area contributed by atoms with E-state index < -0.39 is 22.9 Å². The van der Waals surface area contributed by atoms with Gasteiger partial charge in [-0.3, -0.25) is 4.79 Å². The van der Waals surface area contributed by atoms with Crippen molar-refractivity contribution in [1.82, 2.24) is 0 Å². The highest BCUT2D eigenvalue weighted by atomic mass is 32.2. The van der Waals surface area contributed by atoms with Crippen LogP contribution in [0.4, 0.5) is 13.2 Å². The van der Waals surface area contributed by atoms with E-state index in [1.54, 1.807) is 0 Å². The molecule has 0 fully saturated rings. The van der Waals surface area contributed by atoms with Gasteiger partial charge in [0.05, 0.1) is 0 Å². The van der Waals surface area contributed by atoms with Gasteiger partial charge in [0.25, 0.3) is 5.91 Å². The zero-order valence-electron chi connectivity index (χ0n) is 9.27. The van der Waals surface area contributed by atoms with Gasteiger partial charge in [-0.1, -0.05) is 12.1 Å². The number of aliphatic carboxylic acids is 1. The Kier molecular flexibility index (Phi) is 4.11. The predicted molar refractivity (Wildman–Crippen MR) is 61.0 cm³/mol. The molecule has 0 aliphatic rings. The van der Waals surface area contributed by atoms with Crippen LogP contribution in [-0.2, 0) is 15.1 Å². The quantitative estimate of drug-likeness (QED) is 0.568. The molecule has 19 heavy (non-hydrogen) atoms. The molecule has 0 aliphatic carbocycles. The van der Waals surface area contributed by atoms with Gasteiger partial charge in [0.1, 0.15) is 0 Å². The number of carboxylic acid groups (broad SMARTS) is 1. The molecule has 0 heterocycles. The highest BCUT2D eigenvalue weighted by Gasteiger charge is 2.42. The molecule has 0 aliphatic heterocycles. The molecule has 0 radical (unpaired) electrons. The minimum Gasteiger partial charge on any atom is -0.479 e. The van der Waals surface area contributed by atoms with E-state index in [0.717, 1.165) is 24.3 Å². The molecule has 5 nitrogen and oxygen atoms in total. The highest BCUT2D eigenvalue weighted by Crippen LogP contribution is 2.37. The van der Waals surface area contributed by atoms with Crippen molar-refractivity contribution in [2.75, 3.05) is 0 Å². The van der Waals surface area contributed by atoms with Gasteiger partial charge in [0.2, 0.25) is 5.54 Å². The molecule has 0 aromatic heterocycles. The Morgan fingerprint density at radius 3 is 1.95 bits per heavy atom. The number of primary amides is 1. The number of halogens is 3. The molecule has 0 bridgehead atoms. The highest BCUT2D eigenvalue weighted by molar-refractivity contribution is 8.00. The summed E-state index contributed by atoms with van der Waals surface area (Å²) in [6.45, 7) is 0. The van der Waals surface area contributed by atoms with Crippen molar-refractivity contribution in [1.29, 1.82) is 0 Å². The number of hydrogen-bond donors (Lipinski definition) is 3. The lowest BCUT2D eigenvalue weighted by Crippen LogP contribution is -2.55. The lowest BCUT2D eigenvalue weighted by Gasteiger charge is -2.21. The van der Waals surface area contributed by atoms with Gasteiger partial charge < -0.3 is 16.6 Å². The van der Waals surface area contributed by atoms with Crippen LogP contribution >= 0.6 is 11.8 Å². The molecule has 1 unspecified atom stereocenters. The SMILES string of the molecule is NC(=O)C(N)(C(=O)O)c1ccc(SC(F)(F)F)cc1. The van der Waals surface area contributed by atoms with Gasteiger partial charge in [-0.2, -0.15) is 13.2 Å². The number of benzene rings is 1. The van der Waals surface area contributed by atoms with Crippen molar-refractivity contribution in [3.63, 3.8) is 0 Å². The summed E-state index contributed by atoms with van der Waals surface area (Å²) in [5.41, 5.74) is 3.17. The number of alkyl halides is 3. The largest absolute Gasteiger partial charge is 0.479 e. The lowest BCUT2D eigenvalue weighted by atomic mass is 9.90. The van der Waals surface area contributed by atoms with Crippen molar-refractivity contribution in [2.24, 2.45) is 11.5 Å². The standard InChI is InChI=1S/C10H9F3N2O3S/c11-10(12,13)19-6-3-1-5(2-4-6)9(15,7(14)16)8(17)18/h1-4H,15H2,(H2,14,16)(H,17,18). The maximum atomic E-state index is 12.1. The van der Waals surface area contributed by atoms with Gasteiger partial charge in [-0.05, 0) is 29.5 Å². The van der Waals surface area contributed by atoms with Crippen LogP contribution in [0.25, 0.3) is 0 Å². The monoisotopic (exact) mass is 294 g/mol. The first-order valence-corrected chi connectivity index (χ1v) is 5.57. The number of carbonyl (C=O) groups is 2. The zero-order valence-corrected chi connectivity index (χ0v) is 10.1. The third-order valence-electron chi connectivity index (χ3n) is 2.27. The normalized spacial score (nSPS) is 14.7. The van der Waals surface area contributed by atoms with Crippen LogP contribution in [0.3, 0.4) is 0 Å². The van der Waals surface area contributed by atoms with E-state index in [0.29, 0.717) is 0 Å². The van der Waals surface area contributed by atoms with Crippen LogP contribution in [0.2, 0.25) is 0 Å². The first-order valence-electron chi connectivity index (χ1n) is 4.76. The molecule has 104 valence electrons. The lowest BCUT2D eigenvalue weighted by molar-refractivity contribution is -0.148. The fraction of sp³-hybridized carbons (Fsp3) is 0.200. The van der Waals surface area contributed by atoms with Gasteiger partial charge in [0, 0.05) is 4.90 Å². The second kappa shape index (κ2) is 5.10. The Labute approximate surface area is 109 Å². The Morgan fingerprint density at radius 2 is 1.63 bits per heavy atom. The molecule has 0 saturated heterocycles. The molecule has 1 aromatic rings. The third-order valence-corrected chi connectivity index (χ3v) is 3.01. The summed E-state index contributed by atoms with van der Waals surface area (Å²) in [5, 5.41) is 8.90. The van der Waals surface area contributed by atoms with Crippen molar-refractivity contribution in [3.8, 4) is 0 Å². The number of thioether (sulfide) groups is 1. The van der Waals surface area contributed by atoms with Crippen LogP contribution in [0.1, 0.15) is 5.56 Å². The summed E-state index contributed by atoms with van der Waals surface area (Å²) in [4.78, 5) is 21.9. The minimum atomic E-state index is -4.46. The Bertz CT molecular complexity index is 488. The summed E-state index contributed by atoms with van der Waals surface area (Å²) >= 11 is -0.368. The van der Waals surface area contributed by atoms with E-state index in [1.165, 1.54) is 0 Å². The first-order chi connectivity index (χ1) is 8.57. The fourth-order valence-corrected chi connectivity index (χ4v) is 1.83. The van der Waals surface area contributed by atoms with Gasteiger partial charge >= 0.3 is 11.5 Å². The molecule has 1 aromatic carbocycles. The second-order valence-corrected chi connectivity index (χ2v) is 4.69. The number of nitrogens with two attached hydrogens (primary N) is 2. The molecule has 5 N–H and O–H groups in total. The average molecular weight is 294 g/mol. The minimum absolute atomic E-state index is 0.159. The third kappa shape index (κ3) is 3.38. The number of carbonyl (C=O) groups excluding carboxylic acids is 1. The molecular weight excluding hydrogens is 285 g/mol. The van der Waals surface area contributed by atoms with E-state index >= 15 is 0 Å². The predicted octanol–water partition coefficient (Wildman–Crippen LogP) is 1.02. The van der Waals surface area contributed by atoms with E-state index in [1.807, 2.05) is 0 Å². The molecule has 0 saturated carbocycles. The fourth-order valence-electron chi connectivity index (χ4n) is 1.29. The number of hydrogen-bond acceptors (Lipinski definition) is 4. The van der Waals surface area contributed by atoms with E-state index in [9.17, 15) is 22.8 Å². The Balaban J connectivity index is 3.10. The average Bonchev–Trinajstić information content (AvgIpc) is 2.26. The van der Waals surface area contributed by atoms with E-state index in [4.69, 9.17) is 16.6 Å². The van der Waals surface area contributed by atoms with Crippen molar-refractivity contribution in [3.05, 3.63) is 29.8 Å². The van der Waals surface area contributed by atoms with E-state index in [2.05, 4.69) is 0 Å². The number of amides is 1. The molecule has 1 rings (SSSR count). The first kappa shape index (κ1) is 15.3. The van der Waals surface area contributed by atoms with Crippen LogP contribution in [0, 0.1) is 0 Å². The smallest absolute Gasteiger partial charge is 0.446 e. The van der Waals surface area contributed by atoms with Crippen molar-refractivity contribution < 1.29 is 27.9 Å². The second-order valence-electron chi connectivity index (χ2n) is 3.55. The summed E-state index contributed by atoms with van der Waals surface area (Å²) in [6, 6.07) is 4.07. The Hall–Kier alpha value is -1.74. The maximum absolute atomic E-state index is 12.1. The zero-order chi connectivity index (χ0) is 14.8. The molecule has 9 heteroatoms. The van der Waals surface area contributed by atoms with Crippen LogP contribution in [-0.4, -0.2) is 22.5 Å². The van der Waals surface area contributed by atoms with Crippen LogP contribution < -0.4 is 11.5 Å². The van der Waals surface area contributed by atoms with Crippen molar-refractivity contribution in [2.45, 2.75) is 15.9 Å². The summed E-state index contributed by atoms with van der Waals surface area (Å²) in [5.74, 6) is -2.99. The van der Waals surface area contributed by atoms with Gasteiger partial charge in [-0.15, -0.1) is 0 Å². The topological polar surface area (TPSA) is 106 Å². The Morgan fingerprint density at radius 1 is 1.16 bits per heavy atom. The summed E-state index contributed by atoms with van der Waals surface area (Å²) in [6.07, 6.45) is 0. The van der Waals surface area contributed by atoms with Gasteiger partial charge in [-0.25, -0.2) is 4.79 Å². The molecular formula is C10H9F3N2O3S. The molecule has 1 amide bonds. The number of rotatable bonds is 4. The summed E-state index contributed by atoms with van der Waals surface area (Å²) in [7, 11) is 0. The van der Waals surface area contributed by atoms with Gasteiger partial charge in [0.15, 0.2) is 0 Å². The van der Waals surface area contributed by atoms with Crippen LogP contribution in [0.5, 0.6) is 0 Å². The molecule has 1 atom stereocenters. The molecule has 0 spiro atoms.